The number of nitro benzene ring substituents is 1. The monoisotopic (exact) mass is 331 g/mol. The molecule has 0 amide bonds. The molecule has 0 aliphatic carbocycles. The number of nitrogens with one attached hydrogen (secondary N) is 1. The van der Waals surface area contributed by atoms with Crippen LogP contribution in [0.15, 0.2) is 18.2 Å². The van der Waals surface area contributed by atoms with E-state index in [9.17, 15) is 10.1 Å². The van der Waals surface area contributed by atoms with Gasteiger partial charge in [0.1, 0.15) is 0 Å². The molecule has 2 heterocycles. The number of nitro groups is 1. The Labute approximate surface area is 135 Å². The first-order valence-electron chi connectivity index (χ1n) is 7.02. The quantitative estimate of drug-likeness (QED) is 0.683. The van der Waals surface area contributed by atoms with Crippen molar-refractivity contribution >= 4 is 29.7 Å². The second-order valence-corrected chi connectivity index (χ2v) is 6.07. The SMILES string of the molecule is Cl.O=[N+]([O-])c1ccc(CN2CCC3NCCC3C2)c(Cl)c1. The Kier molecular flexibility index (Phi) is 5.43. The van der Waals surface area contributed by atoms with Crippen LogP contribution in [-0.4, -0.2) is 35.5 Å². The maximum absolute atomic E-state index is 10.7. The van der Waals surface area contributed by atoms with Crippen LogP contribution < -0.4 is 5.32 Å². The zero-order valence-electron chi connectivity index (χ0n) is 11.6. The van der Waals surface area contributed by atoms with Crippen molar-refractivity contribution in [1.29, 1.82) is 0 Å². The molecule has 5 nitrogen and oxygen atoms in total. The lowest BCUT2D eigenvalue weighted by atomic mass is 9.93. The van der Waals surface area contributed by atoms with Crippen molar-refractivity contribution < 1.29 is 4.92 Å². The maximum atomic E-state index is 10.7. The molecule has 0 bridgehead atoms. The molecule has 0 saturated carbocycles. The van der Waals surface area contributed by atoms with Crippen molar-refractivity contribution in [3.63, 3.8) is 0 Å². The average Bonchev–Trinajstić information content (AvgIpc) is 2.88. The average molecular weight is 332 g/mol. The zero-order valence-corrected chi connectivity index (χ0v) is 13.2. The fraction of sp³-hybridized carbons (Fsp3) is 0.571. The Morgan fingerprint density at radius 3 is 2.95 bits per heavy atom. The standard InChI is InChI=1S/C14H18ClN3O2.ClH/c15-13-7-12(18(19)20)2-1-10(13)8-17-6-4-14-11(9-17)3-5-16-14;/h1-2,7,11,14,16H,3-6,8-9H2;1H. The molecule has 21 heavy (non-hydrogen) atoms. The minimum absolute atomic E-state index is 0. The predicted molar refractivity (Wildman–Crippen MR) is 85.1 cm³/mol. The smallest absolute Gasteiger partial charge is 0.270 e. The summed E-state index contributed by atoms with van der Waals surface area (Å²) in [7, 11) is 0. The number of piperidine rings is 1. The fourth-order valence-electron chi connectivity index (χ4n) is 3.29. The summed E-state index contributed by atoms with van der Waals surface area (Å²) in [6.45, 7) is 4.05. The number of non-ortho nitro benzene ring substituents is 1. The Balaban J connectivity index is 0.00000161. The lowest BCUT2D eigenvalue weighted by Gasteiger charge is -2.35. The molecule has 2 unspecified atom stereocenters. The third-order valence-corrected chi connectivity index (χ3v) is 4.73. The van der Waals surface area contributed by atoms with Crippen LogP contribution in [0.5, 0.6) is 0 Å². The van der Waals surface area contributed by atoms with E-state index in [4.69, 9.17) is 11.6 Å². The summed E-state index contributed by atoms with van der Waals surface area (Å²) in [5.41, 5.74) is 1.03. The van der Waals surface area contributed by atoms with E-state index < -0.39 is 4.92 Å². The van der Waals surface area contributed by atoms with Gasteiger partial charge in [0, 0.05) is 31.3 Å². The summed E-state index contributed by atoms with van der Waals surface area (Å²) < 4.78 is 0. The number of hydrogen-bond donors (Lipinski definition) is 1. The minimum Gasteiger partial charge on any atom is -0.314 e. The predicted octanol–water partition coefficient (Wildman–Crippen LogP) is 2.85. The number of rotatable bonds is 3. The van der Waals surface area contributed by atoms with Crippen molar-refractivity contribution in [3.05, 3.63) is 38.9 Å². The molecule has 2 atom stereocenters. The van der Waals surface area contributed by atoms with Gasteiger partial charge in [-0.05, 0) is 43.5 Å². The number of benzene rings is 1. The summed E-state index contributed by atoms with van der Waals surface area (Å²) in [5, 5.41) is 14.7. The molecule has 3 rings (SSSR count). The van der Waals surface area contributed by atoms with E-state index in [1.807, 2.05) is 0 Å². The third-order valence-electron chi connectivity index (χ3n) is 4.38. The largest absolute Gasteiger partial charge is 0.314 e. The molecule has 0 spiro atoms. The van der Waals surface area contributed by atoms with Gasteiger partial charge in [0.15, 0.2) is 0 Å². The highest BCUT2D eigenvalue weighted by molar-refractivity contribution is 6.31. The van der Waals surface area contributed by atoms with Gasteiger partial charge in [-0.1, -0.05) is 11.6 Å². The van der Waals surface area contributed by atoms with Gasteiger partial charge in [0.25, 0.3) is 5.69 Å². The fourth-order valence-corrected chi connectivity index (χ4v) is 3.52. The van der Waals surface area contributed by atoms with Crippen LogP contribution in [0.3, 0.4) is 0 Å². The molecule has 1 N–H and O–H groups in total. The highest BCUT2D eigenvalue weighted by atomic mass is 35.5. The summed E-state index contributed by atoms with van der Waals surface area (Å²) in [6, 6.07) is 5.43. The Morgan fingerprint density at radius 2 is 2.24 bits per heavy atom. The Morgan fingerprint density at radius 1 is 1.43 bits per heavy atom. The number of nitrogens with zero attached hydrogens (tertiary/aromatic N) is 2. The first-order chi connectivity index (χ1) is 9.63. The van der Waals surface area contributed by atoms with E-state index in [0.29, 0.717) is 11.1 Å². The van der Waals surface area contributed by atoms with Crippen molar-refractivity contribution in [2.45, 2.75) is 25.4 Å². The normalized spacial score (nSPS) is 25.2. The van der Waals surface area contributed by atoms with Crippen LogP contribution in [0.4, 0.5) is 5.69 Å². The molecular formula is C14H19Cl2N3O2. The molecule has 2 aliphatic heterocycles. The van der Waals surface area contributed by atoms with Gasteiger partial charge in [-0.3, -0.25) is 15.0 Å². The lowest BCUT2D eigenvalue weighted by molar-refractivity contribution is -0.384. The van der Waals surface area contributed by atoms with Gasteiger partial charge in [-0.15, -0.1) is 12.4 Å². The van der Waals surface area contributed by atoms with Gasteiger partial charge in [-0.2, -0.15) is 0 Å². The highest BCUT2D eigenvalue weighted by Crippen LogP contribution is 2.28. The van der Waals surface area contributed by atoms with Crippen LogP contribution in [0.1, 0.15) is 18.4 Å². The van der Waals surface area contributed by atoms with Crippen molar-refractivity contribution in [2.24, 2.45) is 5.92 Å². The summed E-state index contributed by atoms with van der Waals surface area (Å²) in [4.78, 5) is 12.7. The van der Waals surface area contributed by atoms with E-state index >= 15 is 0 Å². The molecule has 2 saturated heterocycles. The van der Waals surface area contributed by atoms with Crippen LogP contribution >= 0.6 is 24.0 Å². The Hall–Kier alpha value is -0.880. The van der Waals surface area contributed by atoms with Gasteiger partial charge in [-0.25, -0.2) is 0 Å². The number of fused-ring (bicyclic) bond motifs is 1. The van der Waals surface area contributed by atoms with Crippen molar-refractivity contribution in [3.8, 4) is 0 Å². The van der Waals surface area contributed by atoms with Crippen molar-refractivity contribution in [2.75, 3.05) is 19.6 Å². The summed E-state index contributed by atoms with van der Waals surface area (Å²) >= 11 is 6.16. The molecule has 2 fully saturated rings. The Bertz CT molecular complexity index is 527. The molecule has 116 valence electrons. The van der Waals surface area contributed by atoms with Crippen molar-refractivity contribution in [1.82, 2.24) is 10.2 Å². The van der Waals surface area contributed by atoms with Gasteiger partial charge < -0.3 is 5.32 Å². The maximum Gasteiger partial charge on any atom is 0.270 e. The minimum atomic E-state index is -0.411. The van der Waals surface area contributed by atoms with Gasteiger partial charge in [0.2, 0.25) is 0 Å². The molecule has 2 aliphatic rings. The van der Waals surface area contributed by atoms with E-state index in [-0.39, 0.29) is 18.1 Å². The highest BCUT2D eigenvalue weighted by Gasteiger charge is 2.32. The van der Waals surface area contributed by atoms with E-state index in [1.54, 1.807) is 6.07 Å². The third kappa shape index (κ3) is 3.66. The van der Waals surface area contributed by atoms with Gasteiger partial charge in [0.05, 0.1) is 9.95 Å². The first-order valence-corrected chi connectivity index (χ1v) is 7.40. The van der Waals surface area contributed by atoms with Crippen LogP contribution in [0.25, 0.3) is 0 Å². The van der Waals surface area contributed by atoms with Gasteiger partial charge >= 0.3 is 0 Å². The van der Waals surface area contributed by atoms with Crippen LogP contribution in [-0.2, 0) is 6.54 Å². The van der Waals surface area contributed by atoms with E-state index in [1.165, 1.54) is 25.0 Å². The molecular weight excluding hydrogens is 313 g/mol. The van der Waals surface area contributed by atoms with E-state index in [2.05, 4.69) is 10.2 Å². The van der Waals surface area contributed by atoms with E-state index in [0.717, 1.165) is 37.7 Å². The first kappa shape index (κ1) is 16.5. The molecule has 1 aromatic rings. The van der Waals surface area contributed by atoms with Crippen LogP contribution in [0.2, 0.25) is 5.02 Å². The lowest BCUT2D eigenvalue weighted by Crippen LogP contribution is -2.43. The topological polar surface area (TPSA) is 58.4 Å². The molecule has 0 radical (unpaired) electrons. The number of hydrogen-bond acceptors (Lipinski definition) is 4. The second-order valence-electron chi connectivity index (χ2n) is 5.67. The number of likely N-dealkylation sites (tertiary alicyclic amines) is 1. The summed E-state index contributed by atoms with van der Waals surface area (Å²) in [5.74, 6) is 0.737. The molecule has 0 aromatic heterocycles. The van der Waals surface area contributed by atoms with Crippen LogP contribution in [0, 0.1) is 16.0 Å². The zero-order chi connectivity index (χ0) is 14.1. The molecule has 7 heteroatoms. The number of halogens is 2. The molecule has 1 aromatic carbocycles. The summed E-state index contributed by atoms with van der Waals surface area (Å²) in [6.07, 6.45) is 2.42. The second kappa shape index (κ2) is 6.92.